The second-order valence-corrected chi connectivity index (χ2v) is 7.54. The molecule has 0 fully saturated rings. The Morgan fingerprint density at radius 1 is 1.10 bits per heavy atom. The number of sulfonamides is 1. The number of hydrogen-bond acceptors (Lipinski definition) is 3. The van der Waals surface area contributed by atoms with Gasteiger partial charge in [0.1, 0.15) is 0 Å². The number of fused-ring (bicyclic) bond motifs is 1. The number of rotatable bonds is 3. The lowest BCUT2D eigenvalue weighted by atomic mass is 10.1. The minimum absolute atomic E-state index is 0.168. The molecule has 3 rings (SSSR count). The molecular formula is C15H14BrNO3S. The van der Waals surface area contributed by atoms with Crippen molar-refractivity contribution in [1.29, 1.82) is 0 Å². The van der Waals surface area contributed by atoms with Crippen LogP contribution in [0.3, 0.4) is 0 Å². The average molecular weight is 368 g/mol. The van der Waals surface area contributed by atoms with Gasteiger partial charge < -0.3 is 5.11 Å². The Balaban J connectivity index is 1.95. The minimum Gasteiger partial charge on any atom is -0.391 e. The highest BCUT2D eigenvalue weighted by Gasteiger charge is 2.34. The van der Waals surface area contributed by atoms with Gasteiger partial charge in [0.15, 0.2) is 0 Å². The first-order valence-corrected chi connectivity index (χ1v) is 8.79. The van der Waals surface area contributed by atoms with E-state index in [9.17, 15) is 13.5 Å². The van der Waals surface area contributed by atoms with Crippen molar-refractivity contribution in [2.75, 3.05) is 0 Å². The Morgan fingerprint density at radius 2 is 1.76 bits per heavy atom. The van der Waals surface area contributed by atoms with Crippen LogP contribution in [0.2, 0.25) is 0 Å². The number of nitrogens with one attached hydrogen (secondary N) is 1. The molecule has 1 aliphatic carbocycles. The highest BCUT2D eigenvalue weighted by Crippen LogP contribution is 2.33. The van der Waals surface area contributed by atoms with Crippen molar-refractivity contribution in [2.45, 2.75) is 23.5 Å². The molecule has 0 amide bonds. The third-order valence-corrected chi connectivity index (χ3v) is 6.07. The Kier molecular flexibility index (Phi) is 3.88. The first-order chi connectivity index (χ1) is 9.99. The van der Waals surface area contributed by atoms with Gasteiger partial charge in [-0.15, -0.1) is 0 Å². The highest BCUT2D eigenvalue weighted by atomic mass is 79.9. The van der Waals surface area contributed by atoms with E-state index in [1.165, 1.54) is 6.07 Å². The van der Waals surface area contributed by atoms with Crippen LogP contribution in [0.15, 0.2) is 57.9 Å². The molecule has 0 bridgehead atoms. The van der Waals surface area contributed by atoms with E-state index in [1.807, 2.05) is 24.3 Å². The minimum atomic E-state index is -3.71. The van der Waals surface area contributed by atoms with Gasteiger partial charge in [-0.3, -0.25) is 0 Å². The summed E-state index contributed by atoms with van der Waals surface area (Å²) in [6.45, 7) is 0. The second kappa shape index (κ2) is 5.53. The molecule has 2 atom stereocenters. The molecule has 2 aromatic carbocycles. The zero-order chi connectivity index (χ0) is 15.0. The van der Waals surface area contributed by atoms with Crippen molar-refractivity contribution in [3.63, 3.8) is 0 Å². The normalized spacial score (nSPS) is 21.2. The van der Waals surface area contributed by atoms with Crippen molar-refractivity contribution >= 4 is 26.0 Å². The zero-order valence-electron chi connectivity index (χ0n) is 11.0. The first kappa shape index (κ1) is 14.7. The molecule has 21 heavy (non-hydrogen) atoms. The molecule has 0 saturated carbocycles. The van der Waals surface area contributed by atoms with Crippen LogP contribution in [0, 0.1) is 0 Å². The number of halogens is 1. The molecule has 2 N–H and O–H groups in total. The van der Waals surface area contributed by atoms with Gasteiger partial charge in [-0.2, -0.15) is 0 Å². The maximum atomic E-state index is 12.5. The van der Waals surface area contributed by atoms with Crippen LogP contribution in [0.4, 0.5) is 0 Å². The molecule has 0 spiro atoms. The molecule has 6 heteroatoms. The van der Waals surface area contributed by atoms with E-state index in [2.05, 4.69) is 20.7 Å². The average Bonchev–Trinajstić information content (AvgIpc) is 2.75. The lowest BCUT2D eigenvalue weighted by Gasteiger charge is -2.18. The second-order valence-electron chi connectivity index (χ2n) is 5.00. The van der Waals surface area contributed by atoms with Crippen molar-refractivity contribution in [1.82, 2.24) is 4.72 Å². The predicted molar refractivity (Wildman–Crippen MR) is 83.4 cm³/mol. The fourth-order valence-corrected chi connectivity index (χ4v) is 4.86. The summed E-state index contributed by atoms with van der Waals surface area (Å²) in [7, 11) is -3.71. The summed E-state index contributed by atoms with van der Waals surface area (Å²) in [6.07, 6.45) is -0.293. The fourth-order valence-electron chi connectivity index (χ4n) is 2.61. The molecule has 4 nitrogen and oxygen atoms in total. The van der Waals surface area contributed by atoms with Crippen molar-refractivity contribution in [2.24, 2.45) is 0 Å². The SMILES string of the molecule is O=S(=O)(NC1c2ccccc2CC1O)c1ccccc1Br. The summed E-state index contributed by atoms with van der Waals surface area (Å²) < 4.78 is 28.1. The van der Waals surface area contributed by atoms with E-state index in [1.54, 1.807) is 18.2 Å². The Bertz CT molecular complexity index is 776. The molecule has 0 heterocycles. The number of hydrogen-bond donors (Lipinski definition) is 2. The van der Waals surface area contributed by atoms with E-state index < -0.39 is 22.2 Å². The van der Waals surface area contributed by atoms with Crippen LogP contribution < -0.4 is 4.72 Å². The Labute approximate surface area is 132 Å². The van der Waals surface area contributed by atoms with Gasteiger partial charge in [0, 0.05) is 10.9 Å². The molecule has 1 aliphatic rings. The molecule has 0 saturated heterocycles. The van der Waals surface area contributed by atoms with Crippen molar-refractivity contribution < 1.29 is 13.5 Å². The standard InChI is InChI=1S/C15H14BrNO3S/c16-12-7-3-4-8-14(12)21(19,20)17-15-11-6-2-1-5-10(11)9-13(15)18/h1-8,13,15,17-18H,9H2. The van der Waals surface area contributed by atoms with E-state index >= 15 is 0 Å². The summed E-state index contributed by atoms with van der Waals surface area (Å²) in [4.78, 5) is 0.168. The molecule has 0 aliphatic heterocycles. The lowest BCUT2D eigenvalue weighted by Crippen LogP contribution is -2.34. The van der Waals surface area contributed by atoms with Gasteiger partial charge in [-0.1, -0.05) is 36.4 Å². The monoisotopic (exact) mass is 367 g/mol. The van der Waals surface area contributed by atoms with Gasteiger partial charge in [0.25, 0.3) is 0 Å². The first-order valence-electron chi connectivity index (χ1n) is 6.52. The molecule has 2 aromatic rings. The smallest absolute Gasteiger partial charge is 0.242 e. The third kappa shape index (κ3) is 2.76. The summed E-state index contributed by atoms with van der Waals surface area (Å²) in [5.74, 6) is 0. The van der Waals surface area contributed by atoms with Gasteiger partial charge in [-0.05, 0) is 39.2 Å². The molecular weight excluding hydrogens is 354 g/mol. The summed E-state index contributed by atoms with van der Waals surface area (Å²) in [6, 6.07) is 13.5. The van der Waals surface area contributed by atoms with Gasteiger partial charge in [0.2, 0.25) is 10.0 Å². The number of benzene rings is 2. The van der Waals surface area contributed by atoms with Crippen LogP contribution in [0.1, 0.15) is 17.2 Å². The maximum absolute atomic E-state index is 12.5. The number of aliphatic hydroxyl groups excluding tert-OH is 1. The topological polar surface area (TPSA) is 66.4 Å². The van der Waals surface area contributed by atoms with Crippen molar-refractivity contribution in [3.8, 4) is 0 Å². The Morgan fingerprint density at radius 3 is 2.52 bits per heavy atom. The lowest BCUT2D eigenvalue weighted by molar-refractivity contribution is 0.151. The largest absolute Gasteiger partial charge is 0.391 e. The van der Waals surface area contributed by atoms with Gasteiger partial charge in [-0.25, -0.2) is 13.1 Å². The predicted octanol–water partition coefficient (Wildman–Crippen LogP) is 2.39. The van der Waals surface area contributed by atoms with Crippen LogP contribution in [-0.2, 0) is 16.4 Å². The quantitative estimate of drug-likeness (QED) is 0.874. The fraction of sp³-hybridized carbons (Fsp3) is 0.200. The van der Waals surface area contributed by atoms with Gasteiger partial charge >= 0.3 is 0 Å². The van der Waals surface area contributed by atoms with Crippen LogP contribution in [0.5, 0.6) is 0 Å². The summed E-state index contributed by atoms with van der Waals surface area (Å²) >= 11 is 3.25. The summed E-state index contributed by atoms with van der Waals surface area (Å²) in [5.41, 5.74) is 1.81. The zero-order valence-corrected chi connectivity index (χ0v) is 13.4. The van der Waals surface area contributed by atoms with Crippen LogP contribution >= 0.6 is 15.9 Å². The van der Waals surface area contributed by atoms with E-state index in [4.69, 9.17) is 0 Å². The van der Waals surface area contributed by atoms with Crippen LogP contribution in [0.25, 0.3) is 0 Å². The molecule has 2 unspecified atom stereocenters. The van der Waals surface area contributed by atoms with E-state index in [-0.39, 0.29) is 4.90 Å². The van der Waals surface area contributed by atoms with Crippen molar-refractivity contribution in [3.05, 3.63) is 64.1 Å². The Hall–Kier alpha value is -1.21. The van der Waals surface area contributed by atoms with E-state index in [0.29, 0.717) is 10.9 Å². The molecule has 0 aromatic heterocycles. The molecule has 110 valence electrons. The van der Waals surface area contributed by atoms with Crippen LogP contribution in [-0.4, -0.2) is 19.6 Å². The highest BCUT2D eigenvalue weighted by molar-refractivity contribution is 9.10. The number of aliphatic hydroxyl groups is 1. The molecule has 0 radical (unpaired) electrons. The van der Waals surface area contributed by atoms with Gasteiger partial charge in [0.05, 0.1) is 17.0 Å². The maximum Gasteiger partial charge on any atom is 0.242 e. The summed E-state index contributed by atoms with van der Waals surface area (Å²) in [5, 5.41) is 10.2. The van der Waals surface area contributed by atoms with E-state index in [0.717, 1.165) is 11.1 Å². The third-order valence-electron chi connectivity index (χ3n) is 3.61.